The van der Waals surface area contributed by atoms with E-state index in [0.717, 1.165) is 24.2 Å². The van der Waals surface area contributed by atoms with Crippen molar-refractivity contribution in [2.75, 3.05) is 13.2 Å². The van der Waals surface area contributed by atoms with E-state index in [1.54, 1.807) is 12.1 Å². The van der Waals surface area contributed by atoms with Crippen LogP contribution in [-0.4, -0.2) is 30.8 Å². The number of carbonyl (C=O) groups is 3. The van der Waals surface area contributed by atoms with E-state index in [4.69, 9.17) is 4.74 Å². The molecule has 0 aromatic heterocycles. The van der Waals surface area contributed by atoms with Gasteiger partial charge < -0.3 is 10.1 Å². The molecule has 4 bridgehead atoms. The van der Waals surface area contributed by atoms with Gasteiger partial charge in [0.05, 0.1) is 0 Å². The van der Waals surface area contributed by atoms with Gasteiger partial charge >= 0.3 is 5.97 Å². The molecule has 5 rings (SSSR count). The predicted octanol–water partition coefficient (Wildman–Crippen LogP) is 4.65. The molecule has 4 saturated carbocycles. The van der Waals surface area contributed by atoms with Crippen molar-refractivity contribution in [1.29, 1.82) is 0 Å². The van der Waals surface area contributed by atoms with Gasteiger partial charge in [-0.2, -0.15) is 0 Å². The highest BCUT2D eigenvalue weighted by molar-refractivity contribution is 5.98. The highest BCUT2D eigenvalue weighted by atomic mass is 16.5. The van der Waals surface area contributed by atoms with E-state index in [1.165, 1.54) is 44.1 Å². The van der Waals surface area contributed by atoms with Crippen LogP contribution in [0.4, 0.5) is 0 Å². The summed E-state index contributed by atoms with van der Waals surface area (Å²) in [7, 11) is 0. The van der Waals surface area contributed by atoms with Gasteiger partial charge in [0.1, 0.15) is 6.54 Å². The number of hydrogen-bond acceptors (Lipinski definition) is 4. The average Bonchev–Trinajstić information content (AvgIpc) is 2.74. The summed E-state index contributed by atoms with van der Waals surface area (Å²) < 4.78 is 5.10. The zero-order chi connectivity index (χ0) is 22.0. The van der Waals surface area contributed by atoms with Gasteiger partial charge in [0.15, 0.2) is 12.4 Å². The first kappa shape index (κ1) is 22.0. The maximum Gasteiger partial charge on any atom is 0.325 e. The van der Waals surface area contributed by atoms with Crippen molar-refractivity contribution in [3.05, 3.63) is 35.4 Å². The molecule has 4 aliphatic carbocycles. The van der Waals surface area contributed by atoms with E-state index in [2.05, 4.69) is 19.2 Å². The molecule has 0 heterocycles. The summed E-state index contributed by atoms with van der Waals surface area (Å²) in [5.41, 5.74) is 1.88. The van der Waals surface area contributed by atoms with Crippen LogP contribution >= 0.6 is 0 Å². The van der Waals surface area contributed by atoms with Crippen molar-refractivity contribution in [2.24, 2.45) is 23.2 Å². The zero-order valence-electron chi connectivity index (χ0n) is 18.8. The van der Waals surface area contributed by atoms with Gasteiger partial charge in [-0.1, -0.05) is 38.1 Å². The second kappa shape index (κ2) is 9.13. The maximum atomic E-state index is 12.5. The smallest absolute Gasteiger partial charge is 0.325 e. The Bertz CT molecular complexity index is 793. The fourth-order valence-electron chi connectivity index (χ4n) is 6.59. The van der Waals surface area contributed by atoms with Crippen molar-refractivity contribution in [1.82, 2.24) is 5.32 Å². The number of ether oxygens (including phenoxy) is 1. The van der Waals surface area contributed by atoms with Crippen molar-refractivity contribution < 1.29 is 19.1 Å². The molecule has 168 valence electrons. The molecular formula is C26H35NO4. The van der Waals surface area contributed by atoms with Gasteiger partial charge in [0, 0.05) is 12.0 Å². The molecule has 1 aromatic rings. The quantitative estimate of drug-likeness (QED) is 0.462. The molecule has 1 N–H and O–H groups in total. The van der Waals surface area contributed by atoms with Gasteiger partial charge in [0.25, 0.3) is 0 Å². The molecule has 0 radical (unpaired) electrons. The van der Waals surface area contributed by atoms with Crippen molar-refractivity contribution in [2.45, 2.75) is 71.1 Å². The van der Waals surface area contributed by atoms with Crippen LogP contribution in [0.3, 0.4) is 0 Å². The average molecular weight is 426 g/mol. The van der Waals surface area contributed by atoms with Crippen molar-refractivity contribution in [3.8, 4) is 0 Å². The number of amides is 1. The number of rotatable bonds is 9. The molecule has 1 atom stereocenters. The predicted molar refractivity (Wildman–Crippen MR) is 119 cm³/mol. The van der Waals surface area contributed by atoms with E-state index < -0.39 is 5.97 Å². The monoisotopic (exact) mass is 425 g/mol. The summed E-state index contributed by atoms with van der Waals surface area (Å²) in [4.78, 5) is 36.8. The lowest BCUT2D eigenvalue weighted by Gasteiger charge is -2.56. The van der Waals surface area contributed by atoms with Crippen LogP contribution in [0.25, 0.3) is 0 Å². The lowest BCUT2D eigenvalue weighted by Crippen LogP contribution is -2.48. The van der Waals surface area contributed by atoms with E-state index in [9.17, 15) is 14.4 Å². The maximum absolute atomic E-state index is 12.5. The molecule has 4 aliphatic rings. The number of hydrogen-bond donors (Lipinski definition) is 1. The van der Waals surface area contributed by atoms with E-state index in [-0.39, 0.29) is 30.3 Å². The summed E-state index contributed by atoms with van der Waals surface area (Å²) in [6.45, 7) is 3.80. The summed E-state index contributed by atoms with van der Waals surface area (Å²) in [6.07, 6.45) is 9.11. The summed E-state index contributed by atoms with van der Waals surface area (Å²) >= 11 is 0. The van der Waals surface area contributed by atoms with Crippen molar-refractivity contribution in [3.63, 3.8) is 0 Å². The summed E-state index contributed by atoms with van der Waals surface area (Å²) in [6, 6.07) is 7.47. The first-order valence-electron chi connectivity index (χ1n) is 11.9. The Balaban J connectivity index is 1.19. The Hall–Kier alpha value is -2.17. The van der Waals surface area contributed by atoms with Crippen LogP contribution in [0.5, 0.6) is 0 Å². The molecule has 4 fully saturated rings. The number of ketones is 1. The van der Waals surface area contributed by atoms with E-state index in [1.807, 2.05) is 12.1 Å². The molecule has 0 aliphatic heterocycles. The topological polar surface area (TPSA) is 72.5 Å². The minimum Gasteiger partial charge on any atom is -0.456 e. The second-order valence-corrected chi connectivity index (χ2v) is 10.4. The Morgan fingerprint density at radius 1 is 1.03 bits per heavy atom. The second-order valence-electron chi connectivity index (χ2n) is 10.4. The number of nitrogens with one attached hydrogen (secondary N) is 1. The molecule has 1 aromatic carbocycles. The number of benzene rings is 1. The largest absolute Gasteiger partial charge is 0.456 e. The molecule has 1 amide bonds. The Morgan fingerprint density at radius 3 is 2.16 bits per heavy atom. The van der Waals surface area contributed by atoms with Crippen LogP contribution < -0.4 is 5.32 Å². The fourth-order valence-corrected chi connectivity index (χ4v) is 6.59. The third-order valence-corrected chi connectivity index (χ3v) is 7.91. The lowest BCUT2D eigenvalue weighted by atomic mass is 9.49. The lowest BCUT2D eigenvalue weighted by molar-refractivity contribution is -0.143. The van der Waals surface area contributed by atoms with Gasteiger partial charge in [-0.25, -0.2) is 0 Å². The number of Topliss-reactive ketones (excluding diaryl/α,β-unsaturated/α-hetero) is 1. The highest BCUT2D eigenvalue weighted by Crippen LogP contribution is 2.61. The van der Waals surface area contributed by atoms with Crippen molar-refractivity contribution >= 4 is 17.7 Å². The molecule has 0 unspecified atom stereocenters. The van der Waals surface area contributed by atoms with E-state index in [0.29, 0.717) is 17.9 Å². The van der Waals surface area contributed by atoms with E-state index >= 15 is 0 Å². The Labute approximate surface area is 185 Å². The molecule has 0 spiro atoms. The first-order valence-corrected chi connectivity index (χ1v) is 11.9. The van der Waals surface area contributed by atoms with Gasteiger partial charge in [-0.3, -0.25) is 14.4 Å². The van der Waals surface area contributed by atoms with Crippen LogP contribution in [0.15, 0.2) is 24.3 Å². The third kappa shape index (κ3) is 5.19. The number of esters is 1. The van der Waals surface area contributed by atoms with Crippen LogP contribution in [-0.2, 0) is 14.3 Å². The molecule has 0 saturated heterocycles. The minimum absolute atomic E-state index is 0.0640. The molecular weight excluding hydrogens is 390 g/mol. The molecule has 5 heteroatoms. The summed E-state index contributed by atoms with van der Waals surface area (Å²) in [5.74, 6) is 1.99. The van der Waals surface area contributed by atoms with Gasteiger partial charge in [0.2, 0.25) is 5.91 Å². The molecule has 5 nitrogen and oxygen atoms in total. The normalized spacial score (nSPS) is 29.4. The minimum atomic E-state index is -0.566. The number of carbonyl (C=O) groups excluding carboxylic acids is 3. The first-order chi connectivity index (χ1) is 14.9. The standard InChI is InChI=1S/C26H35NO4/c1-3-17(2)21-4-6-22(7-5-21)23(28)16-31-25(30)15-27-24(29)14-26-11-18-8-19(12-26)10-20(9-18)13-26/h4-7,17-20H,3,8-16H2,1-2H3,(H,27,29)/t17-,18?,19?,20?,26?/m1/s1. The van der Waals surface area contributed by atoms with Crippen LogP contribution in [0, 0.1) is 23.2 Å². The van der Waals surface area contributed by atoms with Gasteiger partial charge in [-0.05, 0) is 79.6 Å². The fraction of sp³-hybridized carbons (Fsp3) is 0.654. The Kier molecular flexibility index (Phi) is 6.49. The SMILES string of the molecule is CC[C@@H](C)c1ccc(C(=O)COC(=O)CNC(=O)CC23CC4CC(CC(C4)C2)C3)cc1. The van der Waals surface area contributed by atoms with Gasteiger partial charge in [-0.15, -0.1) is 0 Å². The van der Waals surface area contributed by atoms with Crippen LogP contribution in [0.1, 0.15) is 87.1 Å². The highest BCUT2D eigenvalue weighted by Gasteiger charge is 2.51. The Morgan fingerprint density at radius 2 is 1.61 bits per heavy atom. The molecule has 31 heavy (non-hydrogen) atoms. The van der Waals surface area contributed by atoms with Crippen LogP contribution in [0.2, 0.25) is 0 Å². The third-order valence-electron chi connectivity index (χ3n) is 7.91. The summed E-state index contributed by atoms with van der Waals surface area (Å²) in [5, 5.41) is 2.72. The zero-order valence-corrected chi connectivity index (χ0v) is 18.8.